The van der Waals surface area contributed by atoms with E-state index in [-0.39, 0.29) is 0 Å². The molecule has 0 unspecified atom stereocenters. The van der Waals surface area contributed by atoms with E-state index >= 15 is 0 Å². The maximum absolute atomic E-state index is 12.1. The highest BCUT2D eigenvalue weighted by Gasteiger charge is 2.21. The van der Waals surface area contributed by atoms with Crippen molar-refractivity contribution < 1.29 is 19.1 Å². The maximum Gasteiger partial charge on any atom is 0.308 e. The number of para-hydroxylation sites is 2. The van der Waals surface area contributed by atoms with Crippen molar-refractivity contribution in [2.45, 2.75) is 13.8 Å². The van der Waals surface area contributed by atoms with Gasteiger partial charge in [0.1, 0.15) is 22.9 Å². The van der Waals surface area contributed by atoms with Gasteiger partial charge in [0.15, 0.2) is 0 Å². The fourth-order valence-electron chi connectivity index (χ4n) is 6.25. The van der Waals surface area contributed by atoms with E-state index in [1.54, 1.807) is 24.3 Å². The molecule has 0 spiro atoms. The van der Waals surface area contributed by atoms with Crippen molar-refractivity contribution in [1.29, 1.82) is 0 Å². The average molecular weight is 679 g/mol. The predicted molar refractivity (Wildman–Crippen MR) is 202 cm³/mol. The van der Waals surface area contributed by atoms with E-state index in [0.29, 0.717) is 45.0 Å². The summed E-state index contributed by atoms with van der Waals surface area (Å²) in [6.45, 7) is 2.70. The van der Waals surface area contributed by atoms with Gasteiger partial charge in [-0.2, -0.15) is 0 Å². The van der Waals surface area contributed by atoms with Gasteiger partial charge in [-0.3, -0.25) is 9.59 Å². The summed E-state index contributed by atoms with van der Waals surface area (Å²) in [4.78, 5) is 44.6. The summed E-state index contributed by atoms with van der Waals surface area (Å²) >= 11 is 0. The van der Waals surface area contributed by atoms with Crippen LogP contribution in [0.15, 0.2) is 146 Å². The molecule has 2 heterocycles. The van der Waals surface area contributed by atoms with Gasteiger partial charge in [0, 0.05) is 36.1 Å². The molecule has 6 aromatic carbocycles. The van der Waals surface area contributed by atoms with Crippen LogP contribution in [0.2, 0.25) is 0 Å². The Morgan fingerprint density at radius 3 is 1.19 bits per heavy atom. The fourth-order valence-corrected chi connectivity index (χ4v) is 6.25. The van der Waals surface area contributed by atoms with Gasteiger partial charge in [0.2, 0.25) is 0 Å². The molecular formula is C44H30N4O4. The van der Waals surface area contributed by atoms with Crippen molar-refractivity contribution in [1.82, 2.24) is 19.9 Å². The molecule has 250 valence electrons. The van der Waals surface area contributed by atoms with Gasteiger partial charge in [0.25, 0.3) is 0 Å². The topological polar surface area (TPSA) is 104 Å². The molecule has 52 heavy (non-hydrogen) atoms. The number of esters is 2. The molecule has 8 rings (SSSR count). The van der Waals surface area contributed by atoms with Crippen LogP contribution in [0.5, 0.6) is 11.5 Å². The van der Waals surface area contributed by atoms with Crippen LogP contribution in [0.1, 0.15) is 13.8 Å². The predicted octanol–water partition coefficient (Wildman–Crippen LogP) is 9.76. The van der Waals surface area contributed by atoms with Crippen LogP contribution in [0.4, 0.5) is 0 Å². The number of hydrogen-bond acceptors (Lipinski definition) is 8. The standard InChI is InChI=1S/C44H30N4O4/c1-27(49)51-39-19-11-9-17-33(39)43-44(34-18-10-12-20-40(34)52-28(2)50)48-38-26-32(22-24-36(38)46-43)31-21-23-35-37(25-31)47-42(30-15-7-4-8-16-30)41(45-35)29-13-5-3-6-14-29/h3-26H,1-2H3. The second kappa shape index (κ2) is 13.7. The van der Waals surface area contributed by atoms with Crippen molar-refractivity contribution in [2.24, 2.45) is 0 Å². The first-order chi connectivity index (χ1) is 25.4. The van der Waals surface area contributed by atoms with Gasteiger partial charge < -0.3 is 9.47 Å². The summed E-state index contributed by atoms with van der Waals surface area (Å²) in [5, 5.41) is 0. The van der Waals surface area contributed by atoms with Crippen molar-refractivity contribution in [3.8, 4) is 67.7 Å². The highest BCUT2D eigenvalue weighted by Crippen LogP contribution is 2.40. The van der Waals surface area contributed by atoms with Crippen LogP contribution in [-0.2, 0) is 9.59 Å². The normalized spacial score (nSPS) is 11.0. The molecule has 0 N–H and O–H groups in total. The van der Waals surface area contributed by atoms with Crippen LogP contribution >= 0.6 is 0 Å². The Balaban J connectivity index is 1.29. The van der Waals surface area contributed by atoms with Gasteiger partial charge in [-0.1, -0.05) is 97.1 Å². The van der Waals surface area contributed by atoms with Crippen molar-refractivity contribution in [3.05, 3.63) is 146 Å². The third-order valence-electron chi connectivity index (χ3n) is 8.55. The molecule has 2 aromatic heterocycles. The SMILES string of the molecule is CC(=O)Oc1ccccc1-c1nc2ccc(-c3ccc4nc(-c5ccccc5)c(-c5ccccc5)nc4c3)cc2nc1-c1ccccc1OC(C)=O. The zero-order valence-corrected chi connectivity index (χ0v) is 28.3. The van der Waals surface area contributed by atoms with E-state index in [2.05, 4.69) is 0 Å². The second-order valence-electron chi connectivity index (χ2n) is 12.2. The Hall–Kier alpha value is -7.06. The van der Waals surface area contributed by atoms with Crippen molar-refractivity contribution in [3.63, 3.8) is 0 Å². The van der Waals surface area contributed by atoms with Gasteiger partial charge >= 0.3 is 11.9 Å². The first kappa shape index (κ1) is 32.2. The minimum atomic E-state index is -0.462. The Kier molecular flexibility index (Phi) is 8.46. The smallest absolute Gasteiger partial charge is 0.308 e. The Morgan fingerprint density at radius 2 is 0.750 bits per heavy atom. The van der Waals surface area contributed by atoms with E-state index in [9.17, 15) is 9.59 Å². The van der Waals surface area contributed by atoms with Gasteiger partial charge in [-0.05, 0) is 59.7 Å². The third-order valence-corrected chi connectivity index (χ3v) is 8.55. The number of hydrogen-bond donors (Lipinski definition) is 0. The number of benzene rings is 6. The van der Waals surface area contributed by atoms with Crippen molar-refractivity contribution >= 4 is 34.0 Å². The summed E-state index contributed by atoms with van der Waals surface area (Å²) in [5.41, 5.74) is 10.3. The fraction of sp³-hybridized carbons (Fsp3) is 0.0455. The summed E-state index contributed by atoms with van der Waals surface area (Å²) in [6, 6.07) is 46.5. The zero-order chi connectivity index (χ0) is 35.6. The number of rotatable bonds is 7. The lowest BCUT2D eigenvalue weighted by atomic mass is 10.00. The van der Waals surface area contributed by atoms with Crippen LogP contribution in [0, 0.1) is 0 Å². The maximum atomic E-state index is 12.1. The molecule has 0 amide bonds. The molecule has 0 aliphatic heterocycles. The molecule has 0 radical (unpaired) electrons. The lowest BCUT2D eigenvalue weighted by Gasteiger charge is -2.16. The second-order valence-corrected chi connectivity index (χ2v) is 12.2. The number of nitrogens with zero attached hydrogens (tertiary/aromatic N) is 4. The average Bonchev–Trinajstić information content (AvgIpc) is 3.17. The van der Waals surface area contributed by atoms with Crippen molar-refractivity contribution in [2.75, 3.05) is 0 Å². The molecule has 0 bridgehead atoms. The summed E-state index contributed by atoms with van der Waals surface area (Å²) < 4.78 is 11.2. The summed E-state index contributed by atoms with van der Waals surface area (Å²) in [6.07, 6.45) is 0. The molecule has 0 atom stereocenters. The van der Waals surface area contributed by atoms with E-state index < -0.39 is 11.9 Å². The number of fused-ring (bicyclic) bond motifs is 2. The van der Waals surface area contributed by atoms with E-state index in [4.69, 9.17) is 29.4 Å². The largest absolute Gasteiger partial charge is 0.426 e. The van der Waals surface area contributed by atoms with E-state index in [1.807, 2.05) is 121 Å². The third kappa shape index (κ3) is 6.36. The molecule has 8 nitrogen and oxygen atoms in total. The Morgan fingerprint density at radius 1 is 0.385 bits per heavy atom. The molecule has 0 aliphatic carbocycles. The molecule has 0 saturated carbocycles. The van der Waals surface area contributed by atoms with Gasteiger partial charge in [-0.15, -0.1) is 0 Å². The van der Waals surface area contributed by atoms with Crippen LogP contribution in [0.3, 0.4) is 0 Å². The van der Waals surface area contributed by atoms with Gasteiger partial charge in [0.05, 0.1) is 33.5 Å². The molecule has 8 aromatic rings. The molecule has 0 fully saturated rings. The number of aromatic nitrogens is 4. The zero-order valence-electron chi connectivity index (χ0n) is 28.3. The van der Waals surface area contributed by atoms with E-state index in [0.717, 1.165) is 44.7 Å². The van der Waals surface area contributed by atoms with Crippen LogP contribution < -0.4 is 9.47 Å². The minimum Gasteiger partial charge on any atom is -0.426 e. The first-order valence-electron chi connectivity index (χ1n) is 16.7. The molecule has 0 saturated heterocycles. The molecular weight excluding hydrogens is 649 g/mol. The number of ether oxygens (including phenoxy) is 2. The molecule has 8 heteroatoms. The quantitative estimate of drug-likeness (QED) is 0.121. The Bertz CT molecular complexity index is 2640. The minimum absolute atomic E-state index is 0.336. The van der Waals surface area contributed by atoms with E-state index in [1.165, 1.54) is 13.8 Å². The summed E-state index contributed by atoms with van der Waals surface area (Å²) in [7, 11) is 0. The van der Waals surface area contributed by atoms with Gasteiger partial charge in [-0.25, -0.2) is 19.9 Å². The highest BCUT2D eigenvalue weighted by atomic mass is 16.5. The molecule has 0 aliphatic rings. The monoisotopic (exact) mass is 678 g/mol. The lowest BCUT2D eigenvalue weighted by Crippen LogP contribution is -2.05. The lowest BCUT2D eigenvalue weighted by molar-refractivity contribution is -0.132. The number of carbonyl (C=O) groups excluding carboxylic acids is 2. The highest BCUT2D eigenvalue weighted by molar-refractivity contribution is 5.94. The Labute approximate surface area is 299 Å². The van der Waals surface area contributed by atoms with Crippen LogP contribution in [0.25, 0.3) is 78.2 Å². The number of carbonyl (C=O) groups is 2. The first-order valence-corrected chi connectivity index (χ1v) is 16.7. The van der Waals surface area contributed by atoms with Crippen LogP contribution in [-0.4, -0.2) is 31.9 Å². The summed E-state index contributed by atoms with van der Waals surface area (Å²) in [5.74, 6) is -0.242.